The van der Waals surface area contributed by atoms with Crippen molar-refractivity contribution in [1.29, 1.82) is 0 Å². The molecular weight excluding hydrogens is 166 g/mol. The third-order valence-corrected chi connectivity index (χ3v) is 2.41. The van der Waals surface area contributed by atoms with E-state index in [4.69, 9.17) is 0 Å². The first kappa shape index (κ1) is 8.04. The smallest absolute Gasteiger partial charge is 0.266 e. The zero-order chi connectivity index (χ0) is 9.59. The molecule has 4 nitrogen and oxygen atoms in total. The fourth-order valence-corrected chi connectivity index (χ4v) is 1.40. The van der Waals surface area contributed by atoms with Crippen LogP contribution < -0.4 is 5.56 Å². The molecule has 0 fully saturated rings. The number of rotatable bonds is 0. The Kier molecular flexibility index (Phi) is 1.52. The van der Waals surface area contributed by atoms with E-state index in [1.807, 2.05) is 20.8 Å². The Bertz CT molecular complexity index is 521. The molecule has 0 spiro atoms. The SMILES string of the molecule is Cc1nc2cc(=O)[nH]n2c(C)c1C. The van der Waals surface area contributed by atoms with Crippen molar-refractivity contribution in [3.05, 3.63) is 33.4 Å². The van der Waals surface area contributed by atoms with Gasteiger partial charge in [-0.1, -0.05) is 0 Å². The third kappa shape index (κ3) is 1.06. The molecule has 2 aromatic rings. The van der Waals surface area contributed by atoms with Gasteiger partial charge in [0.1, 0.15) is 0 Å². The molecule has 0 saturated heterocycles. The van der Waals surface area contributed by atoms with E-state index < -0.39 is 0 Å². The lowest BCUT2D eigenvalue weighted by Gasteiger charge is -2.05. The van der Waals surface area contributed by atoms with E-state index in [1.165, 1.54) is 6.07 Å². The normalized spacial score (nSPS) is 11.0. The van der Waals surface area contributed by atoms with Crippen molar-refractivity contribution in [1.82, 2.24) is 14.6 Å². The molecule has 0 radical (unpaired) electrons. The number of nitrogens with zero attached hydrogens (tertiary/aromatic N) is 2. The van der Waals surface area contributed by atoms with E-state index in [9.17, 15) is 4.79 Å². The number of aromatic amines is 1. The Balaban J connectivity index is 3.00. The second kappa shape index (κ2) is 2.45. The van der Waals surface area contributed by atoms with Crippen LogP contribution in [0.25, 0.3) is 5.65 Å². The van der Waals surface area contributed by atoms with Crippen LogP contribution in [0.3, 0.4) is 0 Å². The van der Waals surface area contributed by atoms with Crippen LogP contribution in [0.5, 0.6) is 0 Å². The predicted molar refractivity (Wildman–Crippen MR) is 50.0 cm³/mol. The second-order valence-electron chi connectivity index (χ2n) is 3.22. The summed E-state index contributed by atoms with van der Waals surface area (Å²) in [6, 6.07) is 1.50. The van der Waals surface area contributed by atoms with E-state index in [0.29, 0.717) is 5.65 Å². The molecule has 0 aromatic carbocycles. The summed E-state index contributed by atoms with van der Waals surface area (Å²) in [7, 11) is 0. The van der Waals surface area contributed by atoms with Gasteiger partial charge >= 0.3 is 0 Å². The zero-order valence-electron chi connectivity index (χ0n) is 7.88. The van der Waals surface area contributed by atoms with Crippen LogP contribution in [0.2, 0.25) is 0 Å². The first-order valence-electron chi connectivity index (χ1n) is 4.15. The first-order valence-corrected chi connectivity index (χ1v) is 4.15. The van der Waals surface area contributed by atoms with Crippen molar-refractivity contribution >= 4 is 5.65 Å². The third-order valence-electron chi connectivity index (χ3n) is 2.41. The molecule has 68 valence electrons. The van der Waals surface area contributed by atoms with Gasteiger partial charge in [-0.2, -0.15) is 0 Å². The summed E-state index contributed by atoms with van der Waals surface area (Å²) in [5.41, 5.74) is 3.69. The molecule has 0 aliphatic carbocycles. The molecule has 4 heteroatoms. The second-order valence-corrected chi connectivity index (χ2v) is 3.22. The Morgan fingerprint density at radius 3 is 2.77 bits per heavy atom. The quantitative estimate of drug-likeness (QED) is 0.651. The molecule has 0 unspecified atom stereocenters. The number of aryl methyl sites for hydroxylation is 2. The molecule has 1 N–H and O–H groups in total. The molecule has 0 amide bonds. The molecular formula is C9H11N3O. The predicted octanol–water partition coefficient (Wildman–Crippen LogP) is 0.948. The summed E-state index contributed by atoms with van der Waals surface area (Å²) in [5, 5.41) is 2.69. The van der Waals surface area contributed by atoms with E-state index in [-0.39, 0.29) is 5.56 Å². The van der Waals surface area contributed by atoms with Gasteiger partial charge < -0.3 is 0 Å². The van der Waals surface area contributed by atoms with Crippen molar-refractivity contribution < 1.29 is 0 Å². The van der Waals surface area contributed by atoms with E-state index in [2.05, 4.69) is 10.1 Å². The summed E-state index contributed by atoms with van der Waals surface area (Å²) in [5.74, 6) is 0. The van der Waals surface area contributed by atoms with Gasteiger partial charge in [0.25, 0.3) is 5.56 Å². The number of nitrogens with one attached hydrogen (secondary N) is 1. The van der Waals surface area contributed by atoms with Gasteiger partial charge in [-0.25, -0.2) is 9.50 Å². The molecule has 0 aliphatic heterocycles. The molecule has 0 aliphatic rings. The maximum Gasteiger partial charge on any atom is 0.266 e. The number of hydrogen-bond acceptors (Lipinski definition) is 2. The summed E-state index contributed by atoms with van der Waals surface area (Å²) in [6.07, 6.45) is 0. The number of aromatic nitrogens is 3. The summed E-state index contributed by atoms with van der Waals surface area (Å²) in [4.78, 5) is 15.3. The van der Waals surface area contributed by atoms with Crippen LogP contribution in [-0.2, 0) is 0 Å². The summed E-state index contributed by atoms with van der Waals surface area (Å²) >= 11 is 0. The molecule has 0 bridgehead atoms. The fourth-order valence-electron chi connectivity index (χ4n) is 1.40. The maximum absolute atomic E-state index is 11.0. The number of hydrogen-bond donors (Lipinski definition) is 1. The van der Waals surface area contributed by atoms with Crippen LogP contribution in [-0.4, -0.2) is 14.6 Å². The van der Waals surface area contributed by atoms with Crippen molar-refractivity contribution in [2.75, 3.05) is 0 Å². The Morgan fingerprint density at radius 2 is 2.08 bits per heavy atom. The van der Waals surface area contributed by atoms with Crippen LogP contribution >= 0.6 is 0 Å². The average molecular weight is 177 g/mol. The van der Waals surface area contributed by atoms with Crippen molar-refractivity contribution in [3.63, 3.8) is 0 Å². The fraction of sp³-hybridized carbons (Fsp3) is 0.333. The molecule has 2 heterocycles. The molecule has 2 rings (SSSR count). The van der Waals surface area contributed by atoms with E-state index in [0.717, 1.165) is 17.0 Å². The highest BCUT2D eigenvalue weighted by Crippen LogP contribution is 2.10. The van der Waals surface area contributed by atoms with E-state index >= 15 is 0 Å². The molecule has 13 heavy (non-hydrogen) atoms. The monoisotopic (exact) mass is 177 g/mol. The Labute approximate surface area is 75.2 Å². The molecule has 0 atom stereocenters. The average Bonchev–Trinajstić information content (AvgIpc) is 2.42. The molecule has 0 saturated carbocycles. The first-order chi connectivity index (χ1) is 6.09. The Morgan fingerprint density at radius 1 is 1.38 bits per heavy atom. The van der Waals surface area contributed by atoms with Crippen LogP contribution in [0.1, 0.15) is 17.0 Å². The van der Waals surface area contributed by atoms with Crippen molar-refractivity contribution in [2.24, 2.45) is 0 Å². The number of H-pyrrole nitrogens is 1. The lowest BCUT2D eigenvalue weighted by molar-refractivity contribution is 0.857. The lowest BCUT2D eigenvalue weighted by Crippen LogP contribution is -2.04. The minimum absolute atomic E-state index is 0.111. The van der Waals surface area contributed by atoms with Crippen molar-refractivity contribution in [3.8, 4) is 0 Å². The van der Waals surface area contributed by atoms with Crippen molar-refractivity contribution in [2.45, 2.75) is 20.8 Å². The minimum Gasteiger partial charge on any atom is -0.268 e. The minimum atomic E-state index is -0.111. The lowest BCUT2D eigenvalue weighted by atomic mass is 10.2. The highest BCUT2D eigenvalue weighted by Gasteiger charge is 2.05. The number of fused-ring (bicyclic) bond motifs is 1. The zero-order valence-corrected chi connectivity index (χ0v) is 7.88. The standard InChI is InChI=1S/C9H11N3O/c1-5-6(2)10-8-4-9(13)11-12(8)7(5)3/h4H,1-3H3,(H,11,13). The highest BCUT2D eigenvalue weighted by atomic mass is 16.1. The van der Waals surface area contributed by atoms with Crippen LogP contribution in [0, 0.1) is 20.8 Å². The van der Waals surface area contributed by atoms with Gasteiger partial charge in [-0.15, -0.1) is 0 Å². The molecule has 2 aromatic heterocycles. The Hall–Kier alpha value is -1.58. The van der Waals surface area contributed by atoms with Gasteiger partial charge in [0.2, 0.25) is 0 Å². The summed E-state index contributed by atoms with van der Waals surface area (Å²) < 4.78 is 1.71. The van der Waals surface area contributed by atoms with Crippen LogP contribution in [0.4, 0.5) is 0 Å². The van der Waals surface area contributed by atoms with Gasteiger partial charge in [0, 0.05) is 17.5 Å². The topological polar surface area (TPSA) is 50.2 Å². The largest absolute Gasteiger partial charge is 0.268 e. The maximum atomic E-state index is 11.0. The van der Waals surface area contributed by atoms with Gasteiger partial charge in [0.15, 0.2) is 5.65 Å². The van der Waals surface area contributed by atoms with Gasteiger partial charge in [-0.3, -0.25) is 9.89 Å². The summed E-state index contributed by atoms with van der Waals surface area (Å²) in [6.45, 7) is 5.90. The van der Waals surface area contributed by atoms with E-state index in [1.54, 1.807) is 4.52 Å². The van der Waals surface area contributed by atoms with Crippen LogP contribution in [0.15, 0.2) is 10.9 Å². The highest BCUT2D eigenvalue weighted by molar-refractivity contribution is 5.41. The van der Waals surface area contributed by atoms with Gasteiger partial charge in [-0.05, 0) is 26.3 Å². The van der Waals surface area contributed by atoms with Gasteiger partial charge in [0.05, 0.1) is 0 Å².